The molecule has 19 heavy (non-hydrogen) atoms. The number of nitrogen functional groups attached to an aromatic ring is 1. The largest absolute Gasteiger partial charge is 0.398 e. The van der Waals surface area contributed by atoms with Crippen molar-refractivity contribution in [2.24, 2.45) is 5.92 Å². The summed E-state index contributed by atoms with van der Waals surface area (Å²) in [7, 11) is 1.72. The Balaban J connectivity index is 2.01. The topological polar surface area (TPSA) is 68.5 Å². The molecular formula is C14H21N3O2. The van der Waals surface area contributed by atoms with Crippen LogP contribution in [0.1, 0.15) is 28.9 Å². The number of carbonyl (C=O) groups excluding carboxylic acids is 1. The van der Waals surface area contributed by atoms with Crippen molar-refractivity contribution in [1.29, 1.82) is 0 Å². The highest BCUT2D eigenvalue weighted by molar-refractivity contribution is 5.98. The number of ether oxygens (including phenoxy) is 1. The van der Waals surface area contributed by atoms with Crippen LogP contribution in [-0.2, 0) is 4.74 Å². The number of aromatic nitrogens is 1. The van der Waals surface area contributed by atoms with Gasteiger partial charge in [-0.3, -0.25) is 9.78 Å². The third-order valence-electron chi connectivity index (χ3n) is 3.61. The second-order valence-electron chi connectivity index (χ2n) is 5.10. The van der Waals surface area contributed by atoms with Crippen molar-refractivity contribution in [3.05, 3.63) is 23.5 Å². The van der Waals surface area contributed by atoms with Crippen LogP contribution in [0, 0.1) is 12.8 Å². The molecule has 1 aromatic heterocycles. The van der Waals surface area contributed by atoms with E-state index in [1.165, 1.54) is 0 Å². The van der Waals surface area contributed by atoms with E-state index in [0.29, 0.717) is 17.2 Å². The molecule has 0 aliphatic carbocycles. The van der Waals surface area contributed by atoms with Crippen LogP contribution in [0.15, 0.2) is 12.3 Å². The number of rotatable bonds is 3. The van der Waals surface area contributed by atoms with E-state index in [2.05, 4.69) is 4.98 Å². The van der Waals surface area contributed by atoms with Crippen LogP contribution in [-0.4, -0.2) is 42.6 Å². The van der Waals surface area contributed by atoms with E-state index in [9.17, 15) is 4.79 Å². The maximum atomic E-state index is 12.4. The van der Waals surface area contributed by atoms with E-state index in [1.54, 1.807) is 19.4 Å². The van der Waals surface area contributed by atoms with Crippen LogP contribution >= 0.6 is 0 Å². The average molecular weight is 263 g/mol. The van der Waals surface area contributed by atoms with E-state index in [4.69, 9.17) is 10.5 Å². The van der Waals surface area contributed by atoms with Gasteiger partial charge >= 0.3 is 0 Å². The first kappa shape index (κ1) is 13.8. The molecule has 5 nitrogen and oxygen atoms in total. The van der Waals surface area contributed by atoms with Gasteiger partial charge in [-0.2, -0.15) is 0 Å². The van der Waals surface area contributed by atoms with Crippen molar-refractivity contribution in [1.82, 2.24) is 9.88 Å². The van der Waals surface area contributed by atoms with Crippen LogP contribution in [0.4, 0.5) is 5.69 Å². The van der Waals surface area contributed by atoms with Gasteiger partial charge in [0.25, 0.3) is 5.91 Å². The van der Waals surface area contributed by atoms with Gasteiger partial charge in [-0.05, 0) is 31.7 Å². The Hall–Kier alpha value is -1.62. The van der Waals surface area contributed by atoms with Crippen molar-refractivity contribution < 1.29 is 9.53 Å². The monoisotopic (exact) mass is 263 g/mol. The second kappa shape index (κ2) is 6.02. The molecule has 1 saturated heterocycles. The lowest BCUT2D eigenvalue weighted by Crippen LogP contribution is -2.39. The summed E-state index contributed by atoms with van der Waals surface area (Å²) in [6.45, 7) is 4.16. The third kappa shape index (κ3) is 3.23. The molecule has 2 rings (SSSR count). The van der Waals surface area contributed by atoms with E-state index in [-0.39, 0.29) is 5.91 Å². The highest BCUT2D eigenvalue weighted by atomic mass is 16.5. The normalized spacial score (nSPS) is 16.6. The van der Waals surface area contributed by atoms with Gasteiger partial charge in [0.2, 0.25) is 0 Å². The maximum absolute atomic E-state index is 12.4. The lowest BCUT2D eigenvalue weighted by atomic mass is 9.97. The minimum Gasteiger partial charge on any atom is -0.398 e. The Labute approximate surface area is 113 Å². The standard InChI is InChI=1S/C14H21N3O2/c1-10-7-13(15)12(8-16-10)14(18)17-5-3-11(4-6-17)9-19-2/h7-8,11H,3-6,9H2,1-2H3,(H2,15,16). The fourth-order valence-electron chi connectivity index (χ4n) is 2.47. The number of hydrogen-bond acceptors (Lipinski definition) is 4. The molecule has 0 saturated carbocycles. The van der Waals surface area contributed by atoms with E-state index in [0.717, 1.165) is 38.2 Å². The molecule has 0 spiro atoms. The first-order valence-electron chi connectivity index (χ1n) is 6.62. The molecule has 0 bridgehead atoms. The Morgan fingerprint density at radius 1 is 1.53 bits per heavy atom. The number of amides is 1. The van der Waals surface area contributed by atoms with Gasteiger partial charge in [0.15, 0.2) is 0 Å². The van der Waals surface area contributed by atoms with E-state index in [1.807, 2.05) is 11.8 Å². The van der Waals surface area contributed by atoms with E-state index < -0.39 is 0 Å². The number of likely N-dealkylation sites (tertiary alicyclic amines) is 1. The summed E-state index contributed by atoms with van der Waals surface area (Å²) in [5, 5.41) is 0. The average Bonchev–Trinajstić information content (AvgIpc) is 2.39. The Morgan fingerprint density at radius 3 is 2.79 bits per heavy atom. The zero-order valence-electron chi connectivity index (χ0n) is 11.6. The molecule has 0 unspecified atom stereocenters. The van der Waals surface area contributed by atoms with Crippen LogP contribution in [0.3, 0.4) is 0 Å². The summed E-state index contributed by atoms with van der Waals surface area (Å²) in [4.78, 5) is 18.4. The molecular weight excluding hydrogens is 242 g/mol. The second-order valence-corrected chi connectivity index (χ2v) is 5.10. The van der Waals surface area contributed by atoms with Crippen LogP contribution in [0.2, 0.25) is 0 Å². The Morgan fingerprint density at radius 2 is 2.21 bits per heavy atom. The highest BCUT2D eigenvalue weighted by Crippen LogP contribution is 2.21. The smallest absolute Gasteiger partial charge is 0.257 e. The van der Waals surface area contributed by atoms with Crippen LogP contribution < -0.4 is 5.73 Å². The van der Waals surface area contributed by atoms with E-state index >= 15 is 0 Å². The molecule has 2 N–H and O–H groups in total. The summed E-state index contributed by atoms with van der Waals surface area (Å²) in [6.07, 6.45) is 3.55. The lowest BCUT2D eigenvalue weighted by molar-refractivity contribution is 0.0614. The maximum Gasteiger partial charge on any atom is 0.257 e. The summed E-state index contributed by atoms with van der Waals surface area (Å²) < 4.78 is 5.16. The number of aryl methyl sites for hydroxylation is 1. The number of carbonyl (C=O) groups is 1. The summed E-state index contributed by atoms with van der Waals surface area (Å²) in [6, 6.07) is 1.74. The fraction of sp³-hybridized carbons (Fsp3) is 0.571. The van der Waals surface area contributed by atoms with Gasteiger partial charge < -0.3 is 15.4 Å². The molecule has 1 amide bonds. The zero-order chi connectivity index (χ0) is 13.8. The molecule has 2 heterocycles. The predicted molar refractivity (Wildman–Crippen MR) is 73.9 cm³/mol. The zero-order valence-corrected chi connectivity index (χ0v) is 11.6. The number of pyridine rings is 1. The predicted octanol–water partition coefficient (Wildman–Crippen LogP) is 1.47. The first-order valence-corrected chi connectivity index (χ1v) is 6.62. The summed E-state index contributed by atoms with van der Waals surface area (Å²) >= 11 is 0. The lowest BCUT2D eigenvalue weighted by Gasteiger charge is -2.31. The number of hydrogen-bond donors (Lipinski definition) is 1. The van der Waals surface area contributed by atoms with Gasteiger partial charge in [0, 0.05) is 44.4 Å². The number of piperidine rings is 1. The number of nitrogens with two attached hydrogens (primary N) is 1. The molecule has 104 valence electrons. The van der Waals surface area contributed by atoms with Gasteiger partial charge in [0.1, 0.15) is 0 Å². The molecule has 1 aliphatic heterocycles. The number of methoxy groups -OCH3 is 1. The Kier molecular flexibility index (Phi) is 4.37. The molecule has 0 aromatic carbocycles. The van der Waals surface area contributed by atoms with Gasteiger partial charge in [-0.25, -0.2) is 0 Å². The minimum atomic E-state index is -0.0131. The molecule has 0 radical (unpaired) electrons. The quantitative estimate of drug-likeness (QED) is 0.896. The Bertz CT molecular complexity index is 454. The summed E-state index contributed by atoms with van der Waals surface area (Å²) in [5.74, 6) is 0.545. The van der Waals surface area contributed by atoms with Gasteiger partial charge in [-0.15, -0.1) is 0 Å². The van der Waals surface area contributed by atoms with Crippen LogP contribution in [0.5, 0.6) is 0 Å². The molecule has 1 fully saturated rings. The summed E-state index contributed by atoms with van der Waals surface area (Å²) in [5.41, 5.74) is 7.74. The fourth-order valence-corrected chi connectivity index (χ4v) is 2.47. The van der Waals surface area contributed by atoms with Gasteiger partial charge in [-0.1, -0.05) is 0 Å². The molecule has 0 atom stereocenters. The van der Waals surface area contributed by atoms with Crippen molar-refractivity contribution in [2.45, 2.75) is 19.8 Å². The number of nitrogens with zero attached hydrogens (tertiary/aromatic N) is 2. The van der Waals surface area contributed by atoms with Crippen molar-refractivity contribution in [2.75, 3.05) is 32.5 Å². The molecule has 5 heteroatoms. The SMILES string of the molecule is COCC1CCN(C(=O)c2cnc(C)cc2N)CC1. The third-order valence-corrected chi connectivity index (χ3v) is 3.61. The number of anilines is 1. The van der Waals surface area contributed by atoms with Gasteiger partial charge in [0.05, 0.1) is 5.56 Å². The van der Waals surface area contributed by atoms with Crippen molar-refractivity contribution in [3.63, 3.8) is 0 Å². The first-order chi connectivity index (χ1) is 9.11. The van der Waals surface area contributed by atoms with Crippen LogP contribution in [0.25, 0.3) is 0 Å². The molecule has 1 aliphatic rings. The van der Waals surface area contributed by atoms with Crippen molar-refractivity contribution >= 4 is 11.6 Å². The minimum absolute atomic E-state index is 0.0131. The molecule has 1 aromatic rings. The highest BCUT2D eigenvalue weighted by Gasteiger charge is 2.24. The van der Waals surface area contributed by atoms with Crippen molar-refractivity contribution in [3.8, 4) is 0 Å².